The van der Waals surface area contributed by atoms with E-state index >= 15 is 0 Å². The lowest BCUT2D eigenvalue weighted by atomic mass is 9.66. The third-order valence-corrected chi connectivity index (χ3v) is 6.48. The minimum atomic E-state index is -0.194. The van der Waals surface area contributed by atoms with E-state index in [0.29, 0.717) is 0 Å². The first kappa shape index (κ1) is 20.9. The van der Waals surface area contributed by atoms with E-state index in [4.69, 9.17) is 0 Å². The number of hydrogen-bond donors (Lipinski definition) is 2. The van der Waals surface area contributed by atoms with Crippen molar-refractivity contribution in [2.24, 2.45) is 10.8 Å². The van der Waals surface area contributed by atoms with Gasteiger partial charge in [-0.2, -0.15) is 0 Å². The lowest BCUT2D eigenvalue weighted by molar-refractivity contribution is 0.0450. The highest BCUT2D eigenvalue weighted by Crippen LogP contribution is 2.43. The molecule has 28 heavy (non-hydrogen) atoms. The van der Waals surface area contributed by atoms with Crippen LogP contribution in [0.25, 0.3) is 0 Å². The highest BCUT2D eigenvalue weighted by molar-refractivity contribution is 5.19. The molecule has 0 amide bonds. The van der Waals surface area contributed by atoms with Crippen molar-refractivity contribution >= 4 is 0 Å². The molecule has 2 aliphatic rings. The van der Waals surface area contributed by atoms with Crippen molar-refractivity contribution in [3.63, 3.8) is 0 Å². The summed E-state index contributed by atoms with van der Waals surface area (Å²) < 4.78 is 25.3. The summed E-state index contributed by atoms with van der Waals surface area (Å²) in [5.74, 6) is -0.388. The van der Waals surface area contributed by atoms with E-state index in [2.05, 4.69) is 0 Å². The standard InChI is InChI=1S/2C12H15FO/c2*13-11-4-2-10(3-5-11)8-12(9-14)6-1-7-12/h2*2-5,14H,1,6-9H2. The van der Waals surface area contributed by atoms with Crippen LogP contribution < -0.4 is 0 Å². The second kappa shape index (κ2) is 9.15. The van der Waals surface area contributed by atoms with Crippen molar-refractivity contribution in [1.29, 1.82) is 0 Å². The Morgan fingerprint density at radius 3 is 1.14 bits per heavy atom. The average molecular weight is 388 g/mol. The predicted molar refractivity (Wildman–Crippen MR) is 107 cm³/mol. The monoisotopic (exact) mass is 388 g/mol. The van der Waals surface area contributed by atoms with Gasteiger partial charge in [0.2, 0.25) is 0 Å². The molecule has 0 atom stereocenters. The maximum Gasteiger partial charge on any atom is 0.123 e. The van der Waals surface area contributed by atoms with Crippen molar-refractivity contribution in [2.45, 2.75) is 51.4 Å². The Labute approximate surface area is 166 Å². The van der Waals surface area contributed by atoms with Crippen LogP contribution in [0.5, 0.6) is 0 Å². The number of hydrogen-bond acceptors (Lipinski definition) is 2. The van der Waals surface area contributed by atoms with Crippen LogP contribution in [0.1, 0.15) is 49.7 Å². The molecule has 152 valence electrons. The minimum absolute atomic E-state index is 0.0951. The second-order valence-electron chi connectivity index (χ2n) is 8.63. The molecular weight excluding hydrogens is 358 g/mol. The van der Waals surface area contributed by atoms with Gasteiger partial charge < -0.3 is 10.2 Å². The molecule has 4 heteroatoms. The van der Waals surface area contributed by atoms with Gasteiger partial charge in [-0.05, 0) is 84.7 Å². The fourth-order valence-corrected chi connectivity index (χ4v) is 4.21. The lowest BCUT2D eigenvalue weighted by Crippen LogP contribution is -2.35. The third kappa shape index (κ3) is 5.18. The molecule has 0 unspecified atom stereocenters. The van der Waals surface area contributed by atoms with Crippen molar-refractivity contribution in [3.05, 3.63) is 71.3 Å². The van der Waals surface area contributed by atoms with Crippen LogP contribution in [0.15, 0.2) is 48.5 Å². The van der Waals surface area contributed by atoms with Gasteiger partial charge in [-0.15, -0.1) is 0 Å². The van der Waals surface area contributed by atoms with E-state index in [-0.39, 0.29) is 35.7 Å². The van der Waals surface area contributed by atoms with Gasteiger partial charge in [0, 0.05) is 13.2 Å². The van der Waals surface area contributed by atoms with E-state index < -0.39 is 0 Å². The molecule has 0 saturated heterocycles. The first-order valence-electron chi connectivity index (χ1n) is 10.2. The largest absolute Gasteiger partial charge is 0.396 e. The molecule has 2 N–H and O–H groups in total. The van der Waals surface area contributed by atoms with Crippen molar-refractivity contribution < 1.29 is 19.0 Å². The van der Waals surface area contributed by atoms with Gasteiger partial charge in [0.15, 0.2) is 0 Å². The number of halogens is 2. The zero-order valence-electron chi connectivity index (χ0n) is 16.3. The lowest BCUT2D eigenvalue weighted by Gasteiger charge is -2.40. The first-order valence-corrected chi connectivity index (χ1v) is 10.2. The van der Waals surface area contributed by atoms with Crippen LogP contribution in [0.2, 0.25) is 0 Å². The Balaban J connectivity index is 0.000000161. The molecule has 2 saturated carbocycles. The molecule has 0 aliphatic heterocycles. The van der Waals surface area contributed by atoms with E-state index in [1.807, 2.05) is 24.3 Å². The quantitative estimate of drug-likeness (QED) is 0.726. The topological polar surface area (TPSA) is 40.5 Å². The summed E-state index contributed by atoms with van der Waals surface area (Å²) in [5.41, 5.74) is 2.44. The fraction of sp³-hybridized carbons (Fsp3) is 0.500. The molecule has 4 rings (SSSR count). The molecule has 2 aromatic carbocycles. The minimum Gasteiger partial charge on any atom is -0.396 e. The van der Waals surface area contributed by atoms with Crippen LogP contribution in [0.4, 0.5) is 8.78 Å². The molecule has 0 bridgehead atoms. The Morgan fingerprint density at radius 2 is 0.929 bits per heavy atom. The van der Waals surface area contributed by atoms with Crippen LogP contribution in [-0.2, 0) is 12.8 Å². The number of rotatable bonds is 6. The number of aliphatic hydroxyl groups excluding tert-OH is 2. The van der Waals surface area contributed by atoms with Gasteiger partial charge in [-0.1, -0.05) is 37.1 Å². The van der Waals surface area contributed by atoms with Gasteiger partial charge in [-0.25, -0.2) is 8.78 Å². The molecule has 0 aromatic heterocycles. The summed E-state index contributed by atoms with van der Waals surface area (Å²) in [4.78, 5) is 0. The van der Waals surface area contributed by atoms with Crippen LogP contribution in [0, 0.1) is 22.5 Å². The Bertz CT molecular complexity index is 656. The van der Waals surface area contributed by atoms with Crippen molar-refractivity contribution in [1.82, 2.24) is 0 Å². The third-order valence-electron chi connectivity index (χ3n) is 6.48. The maximum atomic E-state index is 12.6. The van der Waals surface area contributed by atoms with Gasteiger partial charge in [0.1, 0.15) is 11.6 Å². The first-order chi connectivity index (χ1) is 13.5. The van der Waals surface area contributed by atoms with Crippen LogP contribution >= 0.6 is 0 Å². The van der Waals surface area contributed by atoms with E-state index in [9.17, 15) is 19.0 Å². The van der Waals surface area contributed by atoms with Crippen LogP contribution in [0.3, 0.4) is 0 Å². The highest BCUT2D eigenvalue weighted by Gasteiger charge is 2.36. The van der Waals surface area contributed by atoms with Crippen molar-refractivity contribution in [2.75, 3.05) is 13.2 Å². The Kier molecular flexibility index (Phi) is 6.84. The Morgan fingerprint density at radius 1 is 0.607 bits per heavy atom. The fourth-order valence-electron chi connectivity index (χ4n) is 4.21. The predicted octanol–water partition coefficient (Wildman–Crippen LogP) is 5.06. The smallest absolute Gasteiger partial charge is 0.123 e. The zero-order valence-corrected chi connectivity index (χ0v) is 16.3. The van der Waals surface area contributed by atoms with Gasteiger partial charge in [-0.3, -0.25) is 0 Å². The molecule has 2 fully saturated rings. The summed E-state index contributed by atoms with van der Waals surface area (Å²) in [6, 6.07) is 13.2. The zero-order chi connectivity index (χ0) is 20.0. The van der Waals surface area contributed by atoms with Gasteiger partial charge >= 0.3 is 0 Å². The summed E-state index contributed by atoms with van der Waals surface area (Å²) in [6.45, 7) is 0.509. The number of benzene rings is 2. The van der Waals surface area contributed by atoms with E-state index in [1.54, 1.807) is 0 Å². The molecule has 0 heterocycles. The average Bonchev–Trinajstić information content (AvgIpc) is 2.65. The Hall–Kier alpha value is -1.78. The summed E-state index contributed by atoms with van der Waals surface area (Å²) in [6.07, 6.45) is 8.57. The highest BCUT2D eigenvalue weighted by atomic mass is 19.1. The maximum absolute atomic E-state index is 12.6. The van der Waals surface area contributed by atoms with E-state index in [0.717, 1.165) is 49.7 Å². The second-order valence-corrected chi connectivity index (χ2v) is 8.63. The molecule has 2 nitrogen and oxygen atoms in total. The van der Waals surface area contributed by atoms with Gasteiger partial charge in [0.25, 0.3) is 0 Å². The van der Waals surface area contributed by atoms with E-state index in [1.165, 1.54) is 37.1 Å². The van der Waals surface area contributed by atoms with Crippen LogP contribution in [-0.4, -0.2) is 23.4 Å². The summed E-state index contributed by atoms with van der Waals surface area (Å²) in [5, 5.41) is 18.6. The normalized spacial score (nSPS) is 19.0. The molecule has 0 spiro atoms. The number of aliphatic hydroxyl groups is 2. The summed E-state index contributed by atoms with van der Waals surface area (Å²) in [7, 11) is 0. The van der Waals surface area contributed by atoms with Crippen molar-refractivity contribution in [3.8, 4) is 0 Å². The van der Waals surface area contributed by atoms with Gasteiger partial charge in [0.05, 0.1) is 0 Å². The molecule has 2 aromatic rings. The SMILES string of the molecule is OCC1(Cc2ccc(F)cc2)CCC1.OCC1(Cc2ccc(F)cc2)CCC1. The summed E-state index contributed by atoms with van der Waals surface area (Å²) >= 11 is 0. The molecular formula is C24H30F2O2. The molecule has 2 aliphatic carbocycles. The molecule has 0 radical (unpaired) electrons.